The Bertz CT molecular complexity index is 1010. The fourth-order valence-electron chi connectivity index (χ4n) is 3.40. The van der Waals surface area contributed by atoms with Crippen LogP contribution in [0.4, 0.5) is 0 Å². The topological polar surface area (TPSA) is 25.4 Å². The highest BCUT2D eigenvalue weighted by molar-refractivity contribution is 7.09. The standard InChI is InChI=1S/C23H22N2OS/c1-26-22-12-3-2-7-19(22)15-25(17-21-11-6-14-27-21)16-20-9-4-8-18-10-5-13-24-23(18)20/h2-14H,15-17H2,1H3. The van der Waals surface area contributed by atoms with Crippen LogP contribution in [0, 0.1) is 0 Å². The molecule has 3 nitrogen and oxygen atoms in total. The van der Waals surface area contributed by atoms with Crippen LogP contribution < -0.4 is 4.74 Å². The first-order valence-electron chi connectivity index (χ1n) is 9.03. The predicted octanol–water partition coefficient (Wildman–Crippen LogP) is 5.51. The molecule has 0 unspecified atom stereocenters. The van der Waals surface area contributed by atoms with Gasteiger partial charge in [0.15, 0.2) is 0 Å². The van der Waals surface area contributed by atoms with Gasteiger partial charge in [-0.1, -0.05) is 48.5 Å². The summed E-state index contributed by atoms with van der Waals surface area (Å²) in [6.07, 6.45) is 1.87. The van der Waals surface area contributed by atoms with Gasteiger partial charge in [0.2, 0.25) is 0 Å². The van der Waals surface area contributed by atoms with Crippen LogP contribution in [0.2, 0.25) is 0 Å². The molecule has 136 valence electrons. The first-order valence-corrected chi connectivity index (χ1v) is 9.91. The maximum Gasteiger partial charge on any atom is 0.123 e. The summed E-state index contributed by atoms with van der Waals surface area (Å²) < 4.78 is 5.57. The molecule has 27 heavy (non-hydrogen) atoms. The molecule has 0 amide bonds. The van der Waals surface area contributed by atoms with E-state index in [9.17, 15) is 0 Å². The van der Waals surface area contributed by atoms with Crippen molar-refractivity contribution in [1.82, 2.24) is 9.88 Å². The molecule has 0 bridgehead atoms. The Balaban J connectivity index is 1.65. The summed E-state index contributed by atoms with van der Waals surface area (Å²) in [5, 5.41) is 3.32. The van der Waals surface area contributed by atoms with Crippen molar-refractivity contribution >= 4 is 22.2 Å². The summed E-state index contributed by atoms with van der Waals surface area (Å²) >= 11 is 1.80. The van der Waals surface area contributed by atoms with Gasteiger partial charge < -0.3 is 4.74 Å². The fourth-order valence-corrected chi connectivity index (χ4v) is 4.15. The highest BCUT2D eigenvalue weighted by Crippen LogP contribution is 2.24. The lowest BCUT2D eigenvalue weighted by Crippen LogP contribution is -2.22. The second kappa shape index (κ2) is 8.33. The molecule has 2 aromatic heterocycles. The molecule has 0 aliphatic heterocycles. The van der Waals surface area contributed by atoms with Crippen molar-refractivity contribution in [2.75, 3.05) is 7.11 Å². The molecule has 2 aromatic carbocycles. The summed E-state index contributed by atoms with van der Waals surface area (Å²) in [5.74, 6) is 0.935. The van der Waals surface area contributed by atoms with Crippen LogP contribution in [0.1, 0.15) is 16.0 Å². The molecule has 0 aliphatic rings. The quantitative estimate of drug-likeness (QED) is 0.427. The van der Waals surface area contributed by atoms with E-state index >= 15 is 0 Å². The molecule has 2 heterocycles. The molecular weight excluding hydrogens is 352 g/mol. The van der Waals surface area contributed by atoms with Crippen LogP contribution in [-0.2, 0) is 19.6 Å². The summed E-state index contributed by atoms with van der Waals surface area (Å²) in [5.41, 5.74) is 3.53. The minimum Gasteiger partial charge on any atom is -0.496 e. The molecule has 0 fully saturated rings. The summed E-state index contributed by atoms with van der Waals surface area (Å²) in [4.78, 5) is 8.43. The SMILES string of the molecule is COc1ccccc1CN(Cc1cccs1)Cc1cccc2cccnc12. The largest absolute Gasteiger partial charge is 0.496 e. The molecule has 0 atom stereocenters. The number of pyridine rings is 1. The van der Waals surface area contributed by atoms with E-state index in [2.05, 4.69) is 63.8 Å². The minimum absolute atomic E-state index is 0.825. The van der Waals surface area contributed by atoms with Gasteiger partial charge in [-0.25, -0.2) is 0 Å². The Hall–Kier alpha value is -2.69. The van der Waals surface area contributed by atoms with Crippen molar-refractivity contribution in [3.05, 3.63) is 94.3 Å². The summed E-state index contributed by atoms with van der Waals surface area (Å²) in [7, 11) is 1.73. The second-order valence-electron chi connectivity index (χ2n) is 6.53. The number of ether oxygens (including phenoxy) is 1. The molecule has 0 saturated heterocycles. The van der Waals surface area contributed by atoms with Crippen molar-refractivity contribution in [2.45, 2.75) is 19.6 Å². The first-order chi connectivity index (χ1) is 13.3. The van der Waals surface area contributed by atoms with E-state index in [1.807, 2.05) is 24.4 Å². The number of rotatable bonds is 7. The van der Waals surface area contributed by atoms with E-state index in [4.69, 9.17) is 4.74 Å². The zero-order chi connectivity index (χ0) is 18.5. The average molecular weight is 375 g/mol. The zero-order valence-electron chi connectivity index (χ0n) is 15.3. The molecule has 4 rings (SSSR count). The van der Waals surface area contributed by atoms with Gasteiger partial charge in [-0.05, 0) is 29.1 Å². The average Bonchev–Trinajstić information content (AvgIpc) is 3.22. The summed E-state index contributed by atoms with van der Waals surface area (Å²) in [6.45, 7) is 2.56. The zero-order valence-corrected chi connectivity index (χ0v) is 16.2. The van der Waals surface area contributed by atoms with Gasteiger partial charge >= 0.3 is 0 Å². The molecular formula is C23H22N2OS. The number of benzene rings is 2. The molecule has 0 aliphatic carbocycles. The maximum absolute atomic E-state index is 5.57. The summed E-state index contributed by atoms with van der Waals surface area (Å²) in [6, 6.07) is 23.1. The van der Waals surface area contributed by atoms with E-state index in [0.717, 1.165) is 30.9 Å². The highest BCUT2D eigenvalue weighted by atomic mass is 32.1. The second-order valence-corrected chi connectivity index (χ2v) is 7.56. The van der Waals surface area contributed by atoms with Crippen LogP contribution in [0.25, 0.3) is 10.9 Å². The smallest absolute Gasteiger partial charge is 0.123 e. The van der Waals surface area contributed by atoms with Gasteiger partial charge in [-0.15, -0.1) is 11.3 Å². The molecule has 0 N–H and O–H groups in total. The van der Waals surface area contributed by atoms with E-state index < -0.39 is 0 Å². The number of fused-ring (bicyclic) bond motifs is 1. The molecule has 0 saturated carbocycles. The fraction of sp³-hybridized carbons (Fsp3) is 0.174. The van der Waals surface area contributed by atoms with Crippen molar-refractivity contribution in [3.63, 3.8) is 0 Å². The number of para-hydroxylation sites is 2. The lowest BCUT2D eigenvalue weighted by Gasteiger charge is -2.23. The monoisotopic (exact) mass is 374 g/mol. The Morgan fingerprint density at radius 2 is 1.67 bits per heavy atom. The minimum atomic E-state index is 0.825. The van der Waals surface area contributed by atoms with E-state index in [1.54, 1.807) is 18.4 Å². The number of aromatic nitrogens is 1. The molecule has 0 radical (unpaired) electrons. The predicted molar refractivity (Wildman–Crippen MR) is 112 cm³/mol. The van der Waals surface area contributed by atoms with Crippen molar-refractivity contribution in [1.29, 1.82) is 0 Å². The van der Waals surface area contributed by atoms with E-state index in [-0.39, 0.29) is 0 Å². The highest BCUT2D eigenvalue weighted by Gasteiger charge is 2.13. The third-order valence-electron chi connectivity index (χ3n) is 4.66. The number of hydrogen-bond acceptors (Lipinski definition) is 4. The Kier molecular flexibility index (Phi) is 5.47. The molecule has 4 heteroatoms. The van der Waals surface area contributed by atoms with Gasteiger partial charge in [0, 0.05) is 41.7 Å². The Morgan fingerprint density at radius 3 is 2.52 bits per heavy atom. The third-order valence-corrected chi connectivity index (χ3v) is 5.52. The van der Waals surface area contributed by atoms with Crippen LogP contribution in [0.5, 0.6) is 5.75 Å². The third kappa shape index (κ3) is 4.18. The molecule has 0 spiro atoms. The first kappa shape index (κ1) is 17.7. The Morgan fingerprint density at radius 1 is 0.852 bits per heavy atom. The normalized spacial score (nSPS) is 11.2. The number of hydrogen-bond donors (Lipinski definition) is 0. The van der Waals surface area contributed by atoms with Crippen LogP contribution in [-0.4, -0.2) is 17.0 Å². The van der Waals surface area contributed by atoms with Crippen molar-refractivity contribution in [3.8, 4) is 5.75 Å². The van der Waals surface area contributed by atoms with Gasteiger partial charge in [0.25, 0.3) is 0 Å². The van der Waals surface area contributed by atoms with Gasteiger partial charge in [-0.2, -0.15) is 0 Å². The van der Waals surface area contributed by atoms with Crippen LogP contribution in [0.3, 0.4) is 0 Å². The maximum atomic E-state index is 5.57. The lowest BCUT2D eigenvalue weighted by atomic mass is 10.1. The Labute approximate surface area is 163 Å². The van der Waals surface area contributed by atoms with E-state index in [1.165, 1.54) is 21.4 Å². The number of methoxy groups -OCH3 is 1. The van der Waals surface area contributed by atoms with Crippen LogP contribution in [0.15, 0.2) is 78.3 Å². The van der Waals surface area contributed by atoms with Crippen molar-refractivity contribution in [2.24, 2.45) is 0 Å². The van der Waals surface area contributed by atoms with Crippen LogP contribution >= 0.6 is 11.3 Å². The van der Waals surface area contributed by atoms with Gasteiger partial charge in [-0.3, -0.25) is 9.88 Å². The van der Waals surface area contributed by atoms with Gasteiger partial charge in [0.1, 0.15) is 5.75 Å². The van der Waals surface area contributed by atoms with Crippen molar-refractivity contribution < 1.29 is 4.74 Å². The lowest BCUT2D eigenvalue weighted by molar-refractivity contribution is 0.246. The molecule has 4 aromatic rings. The van der Waals surface area contributed by atoms with Gasteiger partial charge in [0.05, 0.1) is 12.6 Å². The van der Waals surface area contributed by atoms with E-state index in [0.29, 0.717) is 0 Å². The number of thiophene rings is 1. The number of nitrogens with zero attached hydrogens (tertiary/aromatic N) is 2.